The fraction of sp³-hybridized carbons (Fsp3) is 0.333. The van der Waals surface area contributed by atoms with Crippen LogP contribution in [-0.2, 0) is 16.1 Å². The van der Waals surface area contributed by atoms with E-state index >= 15 is 0 Å². The van der Waals surface area contributed by atoms with Gasteiger partial charge in [0.1, 0.15) is 0 Å². The Bertz CT molecular complexity index is 776. The van der Waals surface area contributed by atoms with Crippen LogP contribution in [0.3, 0.4) is 0 Å². The first-order valence-corrected chi connectivity index (χ1v) is 8.93. The quantitative estimate of drug-likeness (QED) is 0.921. The summed E-state index contributed by atoms with van der Waals surface area (Å²) < 4.78 is 0. The Labute approximate surface area is 154 Å². The Hall–Kier alpha value is -2.82. The van der Waals surface area contributed by atoms with Crippen molar-refractivity contribution in [1.82, 2.24) is 10.2 Å². The van der Waals surface area contributed by atoms with Crippen molar-refractivity contribution in [3.8, 4) is 0 Å². The van der Waals surface area contributed by atoms with Crippen LogP contribution in [0, 0.1) is 0 Å². The molecular weight excluding hydrogens is 326 g/mol. The molecule has 2 aromatic carbocycles. The van der Waals surface area contributed by atoms with E-state index in [1.54, 1.807) is 0 Å². The summed E-state index contributed by atoms with van der Waals surface area (Å²) in [6, 6.07) is 17.5. The van der Waals surface area contributed by atoms with Gasteiger partial charge >= 0.3 is 0 Å². The van der Waals surface area contributed by atoms with Gasteiger partial charge in [-0.25, -0.2) is 0 Å². The van der Waals surface area contributed by atoms with Crippen molar-refractivity contribution >= 4 is 17.5 Å². The van der Waals surface area contributed by atoms with Gasteiger partial charge in [-0.15, -0.1) is 0 Å². The first-order valence-electron chi connectivity index (χ1n) is 8.93. The topological polar surface area (TPSA) is 52.7 Å². The van der Waals surface area contributed by atoms with E-state index in [4.69, 9.17) is 0 Å². The van der Waals surface area contributed by atoms with E-state index in [2.05, 4.69) is 29.4 Å². The van der Waals surface area contributed by atoms with Crippen molar-refractivity contribution in [2.75, 3.05) is 25.0 Å². The molecule has 5 nitrogen and oxygen atoms in total. The first-order chi connectivity index (χ1) is 12.5. The summed E-state index contributed by atoms with van der Waals surface area (Å²) in [5.74, 6) is -0.0784. The maximum absolute atomic E-state index is 13.0. The third-order valence-electron chi connectivity index (χ3n) is 4.78. The van der Waals surface area contributed by atoms with Gasteiger partial charge in [0.25, 0.3) is 0 Å². The van der Waals surface area contributed by atoms with Gasteiger partial charge in [-0.05, 0) is 17.2 Å². The molecule has 0 bridgehead atoms. The van der Waals surface area contributed by atoms with Crippen molar-refractivity contribution in [3.63, 3.8) is 0 Å². The molecule has 0 fully saturated rings. The Kier molecular flexibility index (Phi) is 5.56. The summed E-state index contributed by atoms with van der Waals surface area (Å²) >= 11 is 0. The summed E-state index contributed by atoms with van der Waals surface area (Å²) in [5, 5.41) is 2.91. The predicted octanol–water partition coefficient (Wildman–Crippen LogP) is 2.73. The van der Waals surface area contributed by atoms with Crippen LogP contribution in [0.15, 0.2) is 54.6 Å². The number of nitrogens with zero attached hydrogens (tertiary/aromatic N) is 2. The van der Waals surface area contributed by atoms with Crippen molar-refractivity contribution < 1.29 is 9.59 Å². The number of likely N-dealkylation sites (N-methyl/N-ethyl adjacent to an activating group) is 1. The third kappa shape index (κ3) is 4.23. The van der Waals surface area contributed by atoms with Gasteiger partial charge < -0.3 is 15.1 Å². The molecule has 1 atom stereocenters. The third-order valence-corrected chi connectivity index (χ3v) is 4.78. The molecule has 0 saturated carbocycles. The van der Waals surface area contributed by atoms with Crippen LogP contribution < -0.4 is 10.2 Å². The molecule has 1 aliphatic heterocycles. The van der Waals surface area contributed by atoms with Gasteiger partial charge in [0.15, 0.2) is 0 Å². The highest BCUT2D eigenvalue weighted by molar-refractivity contribution is 5.79. The largest absolute Gasteiger partial charge is 0.373 e. The van der Waals surface area contributed by atoms with E-state index in [1.807, 2.05) is 47.4 Å². The van der Waals surface area contributed by atoms with Crippen LogP contribution in [0.5, 0.6) is 0 Å². The van der Waals surface area contributed by atoms with E-state index in [9.17, 15) is 9.59 Å². The zero-order chi connectivity index (χ0) is 18.5. The number of hydrogen-bond donors (Lipinski definition) is 1. The van der Waals surface area contributed by atoms with Crippen molar-refractivity contribution in [2.24, 2.45) is 0 Å². The number of carbonyl (C=O) groups is 2. The normalized spacial score (nSPS) is 15.0. The standard InChI is InChI=1S/C21H25N3O2/c1-16(25)22-19(17-8-4-3-5-9-17)14-21(26)24-13-12-23(2)20-11-7-6-10-18(20)15-24/h3-11,19H,12-15H2,1-2H3,(H,22,25). The van der Waals surface area contributed by atoms with Crippen molar-refractivity contribution in [3.05, 3.63) is 65.7 Å². The molecule has 5 heteroatoms. The van der Waals surface area contributed by atoms with Gasteiger partial charge in [-0.3, -0.25) is 9.59 Å². The molecule has 1 unspecified atom stereocenters. The molecule has 1 heterocycles. The Morgan fingerprint density at radius 2 is 1.73 bits per heavy atom. The Morgan fingerprint density at radius 1 is 1.04 bits per heavy atom. The SMILES string of the molecule is CC(=O)NC(CC(=O)N1CCN(C)c2ccccc2C1)c1ccccc1. The number of benzene rings is 2. The second kappa shape index (κ2) is 8.04. The summed E-state index contributed by atoms with van der Waals surface area (Å²) in [7, 11) is 2.05. The van der Waals surface area contributed by atoms with E-state index in [0.717, 1.165) is 17.7 Å². The van der Waals surface area contributed by atoms with E-state index < -0.39 is 0 Å². The van der Waals surface area contributed by atoms with E-state index in [-0.39, 0.29) is 24.3 Å². The van der Waals surface area contributed by atoms with Gasteiger partial charge in [0.05, 0.1) is 12.5 Å². The number of fused-ring (bicyclic) bond motifs is 1. The molecule has 2 amide bonds. The number of para-hydroxylation sites is 1. The molecular formula is C21H25N3O2. The Balaban J connectivity index is 1.76. The first kappa shape index (κ1) is 18.0. The van der Waals surface area contributed by atoms with E-state index in [1.165, 1.54) is 12.6 Å². The van der Waals surface area contributed by atoms with Crippen LogP contribution in [-0.4, -0.2) is 36.9 Å². The van der Waals surface area contributed by atoms with Gasteiger partial charge in [-0.2, -0.15) is 0 Å². The highest BCUT2D eigenvalue weighted by atomic mass is 16.2. The number of carbonyl (C=O) groups excluding carboxylic acids is 2. The van der Waals surface area contributed by atoms with Crippen LogP contribution in [0.25, 0.3) is 0 Å². The highest BCUT2D eigenvalue weighted by Gasteiger charge is 2.24. The number of anilines is 1. The summed E-state index contributed by atoms with van der Waals surface area (Å²) in [4.78, 5) is 28.7. The smallest absolute Gasteiger partial charge is 0.225 e. The second-order valence-electron chi connectivity index (χ2n) is 6.73. The molecule has 136 valence electrons. The van der Waals surface area contributed by atoms with Crippen molar-refractivity contribution in [1.29, 1.82) is 0 Å². The molecule has 2 aromatic rings. The lowest BCUT2D eigenvalue weighted by atomic mass is 10.0. The van der Waals surface area contributed by atoms with Gasteiger partial charge in [0, 0.05) is 39.3 Å². The average molecular weight is 351 g/mol. The number of rotatable bonds is 4. The molecule has 1 aliphatic rings. The lowest BCUT2D eigenvalue weighted by molar-refractivity contribution is -0.132. The predicted molar refractivity (Wildman–Crippen MR) is 103 cm³/mol. The summed E-state index contributed by atoms with van der Waals surface area (Å²) in [6.07, 6.45) is 0.259. The maximum Gasteiger partial charge on any atom is 0.225 e. The minimum absolute atomic E-state index is 0.0534. The summed E-state index contributed by atoms with van der Waals surface area (Å²) in [5.41, 5.74) is 3.27. The fourth-order valence-corrected chi connectivity index (χ4v) is 3.39. The monoisotopic (exact) mass is 351 g/mol. The number of hydrogen-bond acceptors (Lipinski definition) is 3. The lowest BCUT2D eigenvalue weighted by Crippen LogP contribution is -2.37. The van der Waals surface area contributed by atoms with Crippen molar-refractivity contribution in [2.45, 2.75) is 25.9 Å². The Morgan fingerprint density at radius 3 is 2.46 bits per heavy atom. The molecule has 0 radical (unpaired) electrons. The molecule has 0 saturated heterocycles. The highest BCUT2D eigenvalue weighted by Crippen LogP contribution is 2.25. The molecule has 3 rings (SSSR count). The number of nitrogens with one attached hydrogen (secondary N) is 1. The lowest BCUT2D eigenvalue weighted by Gasteiger charge is -2.25. The van der Waals surface area contributed by atoms with Gasteiger partial charge in [0.2, 0.25) is 11.8 Å². The van der Waals surface area contributed by atoms with Crippen LogP contribution >= 0.6 is 0 Å². The minimum atomic E-state index is -0.308. The zero-order valence-electron chi connectivity index (χ0n) is 15.3. The van der Waals surface area contributed by atoms with Crippen LogP contribution in [0.4, 0.5) is 5.69 Å². The molecule has 0 aliphatic carbocycles. The van der Waals surface area contributed by atoms with Gasteiger partial charge in [-0.1, -0.05) is 48.5 Å². The fourth-order valence-electron chi connectivity index (χ4n) is 3.39. The average Bonchev–Trinajstić information content (AvgIpc) is 2.81. The van der Waals surface area contributed by atoms with Crippen LogP contribution in [0.1, 0.15) is 30.5 Å². The number of amides is 2. The molecule has 0 aromatic heterocycles. The summed E-state index contributed by atoms with van der Waals surface area (Å²) in [6.45, 7) is 3.54. The van der Waals surface area contributed by atoms with Crippen LogP contribution in [0.2, 0.25) is 0 Å². The molecule has 26 heavy (non-hydrogen) atoms. The molecule has 1 N–H and O–H groups in total. The molecule has 0 spiro atoms. The minimum Gasteiger partial charge on any atom is -0.373 e. The maximum atomic E-state index is 13.0. The zero-order valence-corrected chi connectivity index (χ0v) is 15.3. The van der Waals surface area contributed by atoms with E-state index in [0.29, 0.717) is 13.1 Å². The second-order valence-corrected chi connectivity index (χ2v) is 6.73.